The number of pyridine rings is 1. The van der Waals surface area contributed by atoms with Gasteiger partial charge in [-0.2, -0.15) is 0 Å². The van der Waals surface area contributed by atoms with Gasteiger partial charge in [0.25, 0.3) is 5.91 Å². The number of cyclic esters (lactones) is 1. The van der Waals surface area contributed by atoms with E-state index in [-0.39, 0.29) is 24.9 Å². The van der Waals surface area contributed by atoms with Crippen LogP contribution in [0.15, 0.2) is 79.0 Å². The average molecular weight is 513 g/mol. The summed E-state index contributed by atoms with van der Waals surface area (Å²) in [5.41, 5.74) is 3.59. The highest BCUT2D eigenvalue weighted by molar-refractivity contribution is 5.97. The highest BCUT2D eigenvalue weighted by Gasteiger charge is 2.32. The Balaban J connectivity index is 1.21. The van der Waals surface area contributed by atoms with E-state index in [2.05, 4.69) is 15.6 Å². The summed E-state index contributed by atoms with van der Waals surface area (Å²) in [5, 5.41) is 6.39. The highest BCUT2D eigenvalue weighted by atomic mass is 19.1. The zero-order chi connectivity index (χ0) is 26.6. The number of carbonyl (C=O) groups is 3. The molecule has 2 N–H and O–H groups in total. The third-order valence-electron chi connectivity index (χ3n) is 6.29. The Morgan fingerprint density at radius 3 is 2.61 bits per heavy atom. The quantitative estimate of drug-likeness (QED) is 0.382. The van der Waals surface area contributed by atoms with Gasteiger partial charge in [0.15, 0.2) is 0 Å². The number of rotatable bonds is 7. The Labute approximate surface area is 218 Å². The van der Waals surface area contributed by atoms with Gasteiger partial charge in [0, 0.05) is 30.6 Å². The van der Waals surface area contributed by atoms with E-state index in [0.29, 0.717) is 28.9 Å². The molecule has 1 fully saturated rings. The molecule has 2 heterocycles. The second kappa shape index (κ2) is 10.7. The third-order valence-corrected chi connectivity index (χ3v) is 6.29. The molecule has 0 saturated carbocycles. The second-order valence-corrected chi connectivity index (χ2v) is 9.01. The maximum absolute atomic E-state index is 15.0. The van der Waals surface area contributed by atoms with Crippen molar-refractivity contribution in [2.75, 3.05) is 18.0 Å². The first-order chi connectivity index (χ1) is 18.4. The van der Waals surface area contributed by atoms with Crippen molar-refractivity contribution in [3.63, 3.8) is 0 Å². The first kappa shape index (κ1) is 24.9. The number of ether oxygens (including phenoxy) is 1. The van der Waals surface area contributed by atoms with Crippen molar-refractivity contribution >= 4 is 34.5 Å². The summed E-state index contributed by atoms with van der Waals surface area (Å²) in [4.78, 5) is 41.6. The number of hydrogen-bond donors (Lipinski definition) is 2. The maximum atomic E-state index is 15.0. The molecule has 8 nitrogen and oxygen atoms in total. The van der Waals surface area contributed by atoms with Crippen LogP contribution in [0.1, 0.15) is 22.8 Å². The number of nitrogens with zero attached hydrogens (tertiary/aromatic N) is 2. The number of benzene rings is 3. The second-order valence-electron chi connectivity index (χ2n) is 9.01. The minimum absolute atomic E-state index is 0.199. The molecule has 5 rings (SSSR count). The van der Waals surface area contributed by atoms with Gasteiger partial charge in [0.2, 0.25) is 5.91 Å². The van der Waals surface area contributed by atoms with Gasteiger partial charge in [-0.25, -0.2) is 9.18 Å². The Kier molecular flexibility index (Phi) is 6.99. The molecule has 1 aliphatic rings. The van der Waals surface area contributed by atoms with E-state index in [0.717, 1.165) is 16.5 Å². The first-order valence-electron chi connectivity index (χ1n) is 12.1. The lowest BCUT2D eigenvalue weighted by Gasteiger charge is -2.15. The van der Waals surface area contributed by atoms with Crippen LogP contribution in [0.25, 0.3) is 22.0 Å². The lowest BCUT2D eigenvalue weighted by molar-refractivity contribution is -0.119. The fraction of sp³-hybridized carbons (Fsp3) is 0.172. The predicted molar refractivity (Wildman–Crippen MR) is 141 cm³/mol. The normalized spacial score (nSPS) is 14.8. The van der Waals surface area contributed by atoms with Crippen LogP contribution in [0.4, 0.5) is 14.9 Å². The summed E-state index contributed by atoms with van der Waals surface area (Å²) < 4.78 is 20.3. The summed E-state index contributed by atoms with van der Waals surface area (Å²) >= 11 is 0. The Morgan fingerprint density at radius 1 is 1.05 bits per heavy atom. The van der Waals surface area contributed by atoms with Gasteiger partial charge < -0.3 is 15.4 Å². The molecular formula is C29H25FN4O4. The van der Waals surface area contributed by atoms with Crippen molar-refractivity contribution in [1.29, 1.82) is 0 Å². The summed E-state index contributed by atoms with van der Waals surface area (Å²) in [7, 11) is 0. The molecule has 1 saturated heterocycles. The molecule has 0 bridgehead atoms. The van der Waals surface area contributed by atoms with E-state index < -0.39 is 18.0 Å². The number of nitrogens with one attached hydrogen (secondary N) is 2. The Bertz CT molecular complexity index is 1520. The minimum atomic E-state index is -0.585. The largest absolute Gasteiger partial charge is 0.442 e. The molecule has 192 valence electrons. The van der Waals surface area contributed by atoms with Crippen LogP contribution < -0.4 is 15.5 Å². The fourth-order valence-electron chi connectivity index (χ4n) is 4.28. The van der Waals surface area contributed by atoms with Gasteiger partial charge in [-0.3, -0.25) is 19.5 Å². The average Bonchev–Trinajstić information content (AvgIpc) is 3.31. The van der Waals surface area contributed by atoms with E-state index in [1.807, 2.05) is 36.4 Å². The van der Waals surface area contributed by atoms with Crippen LogP contribution in [0, 0.1) is 5.82 Å². The van der Waals surface area contributed by atoms with Crippen molar-refractivity contribution in [3.8, 4) is 11.1 Å². The molecule has 4 aromatic rings. The number of carbonyl (C=O) groups excluding carboxylic acids is 3. The molecule has 3 aromatic carbocycles. The van der Waals surface area contributed by atoms with Gasteiger partial charge in [-0.15, -0.1) is 0 Å². The van der Waals surface area contributed by atoms with Crippen LogP contribution in [-0.2, 0) is 16.1 Å². The lowest BCUT2D eigenvalue weighted by atomic mass is 10.0. The third kappa shape index (κ3) is 5.46. The van der Waals surface area contributed by atoms with Crippen LogP contribution in [0.5, 0.6) is 0 Å². The van der Waals surface area contributed by atoms with Crippen molar-refractivity contribution < 1.29 is 23.5 Å². The van der Waals surface area contributed by atoms with E-state index in [4.69, 9.17) is 4.74 Å². The minimum Gasteiger partial charge on any atom is -0.442 e. The van der Waals surface area contributed by atoms with E-state index in [1.54, 1.807) is 36.5 Å². The van der Waals surface area contributed by atoms with Crippen molar-refractivity contribution in [3.05, 3.63) is 95.9 Å². The summed E-state index contributed by atoms with van der Waals surface area (Å²) in [6.45, 7) is 2.11. The molecule has 1 aromatic heterocycles. The molecule has 1 aliphatic heterocycles. The number of halogens is 1. The monoisotopic (exact) mass is 512 g/mol. The van der Waals surface area contributed by atoms with Gasteiger partial charge in [0.05, 0.1) is 29.9 Å². The number of para-hydroxylation sites is 1. The van der Waals surface area contributed by atoms with E-state index in [9.17, 15) is 14.4 Å². The number of fused-ring (bicyclic) bond motifs is 1. The van der Waals surface area contributed by atoms with Crippen LogP contribution in [-0.4, -0.2) is 42.1 Å². The van der Waals surface area contributed by atoms with Gasteiger partial charge in [0.1, 0.15) is 11.9 Å². The SMILES string of the molecule is CC(=O)NCC1CN(c2ccc(-c3ccc(CNC(=O)c4cnc5ccccc5c4)cc3)c(F)c2)C(=O)O1. The smallest absolute Gasteiger partial charge is 0.414 e. The maximum Gasteiger partial charge on any atom is 0.414 e. The predicted octanol–water partition coefficient (Wildman–Crippen LogP) is 4.43. The molecule has 1 atom stereocenters. The van der Waals surface area contributed by atoms with Crippen LogP contribution in [0.3, 0.4) is 0 Å². The van der Waals surface area contributed by atoms with Crippen LogP contribution in [0.2, 0.25) is 0 Å². The van der Waals surface area contributed by atoms with Gasteiger partial charge in [-0.1, -0.05) is 42.5 Å². The topological polar surface area (TPSA) is 101 Å². The summed E-state index contributed by atoms with van der Waals surface area (Å²) in [6.07, 6.45) is 0.469. The van der Waals surface area contributed by atoms with Crippen molar-refractivity contribution in [2.24, 2.45) is 0 Å². The molecule has 9 heteroatoms. The number of anilines is 1. The lowest BCUT2D eigenvalue weighted by Crippen LogP contribution is -2.33. The molecule has 0 radical (unpaired) electrons. The molecule has 0 aliphatic carbocycles. The summed E-state index contributed by atoms with van der Waals surface area (Å²) in [6, 6.07) is 21.2. The molecule has 1 unspecified atom stereocenters. The summed E-state index contributed by atoms with van der Waals surface area (Å²) in [5.74, 6) is -0.926. The van der Waals surface area contributed by atoms with Crippen LogP contribution >= 0.6 is 0 Å². The number of hydrogen-bond acceptors (Lipinski definition) is 5. The van der Waals surface area contributed by atoms with Gasteiger partial charge >= 0.3 is 6.09 Å². The number of aromatic nitrogens is 1. The highest BCUT2D eigenvalue weighted by Crippen LogP contribution is 2.29. The van der Waals surface area contributed by atoms with Gasteiger partial charge in [-0.05, 0) is 41.5 Å². The fourth-order valence-corrected chi connectivity index (χ4v) is 4.28. The number of amides is 3. The zero-order valence-corrected chi connectivity index (χ0v) is 20.6. The Hall–Kier alpha value is -4.79. The van der Waals surface area contributed by atoms with E-state index in [1.165, 1.54) is 17.9 Å². The van der Waals surface area contributed by atoms with E-state index >= 15 is 4.39 Å². The molecule has 0 spiro atoms. The van der Waals surface area contributed by atoms with Crippen molar-refractivity contribution in [1.82, 2.24) is 15.6 Å². The molecular weight excluding hydrogens is 487 g/mol. The molecule has 38 heavy (non-hydrogen) atoms. The zero-order valence-electron chi connectivity index (χ0n) is 20.6. The Morgan fingerprint density at radius 2 is 1.84 bits per heavy atom. The first-order valence-corrected chi connectivity index (χ1v) is 12.1. The van der Waals surface area contributed by atoms with Crippen molar-refractivity contribution in [2.45, 2.75) is 19.6 Å². The molecule has 3 amide bonds. The standard InChI is InChI=1S/C29H25FN4O4/c1-18(35)31-16-24-17-34(29(37)38-24)23-10-11-25(26(30)13-23)20-8-6-19(7-9-20)14-33-28(36)22-12-21-4-2-3-5-27(21)32-15-22/h2-13,15,24H,14,16-17H2,1H3,(H,31,35)(H,33,36).